The molecule has 2 aliphatic heterocycles. The van der Waals surface area contributed by atoms with Crippen molar-refractivity contribution in [2.75, 3.05) is 137 Å². The summed E-state index contributed by atoms with van der Waals surface area (Å²) in [5.74, 6) is -0.440. The second-order valence-corrected chi connectivity index (χ2v) is 25.5. The number of phenols is 1. The maximum Gasteiger partial charge on any atom is 0.509 e. The Hall–Kier alpha value is -8.23. The fraction of sp³-hybridized carbons (Fsp3) is 0.587. The van der Waals surface area contributed by atoms with E-state index in [-0.39, 0.29) is 84.1 Å². The highest BCUT2D eigenvalue weighted by atomic mass is 16.7. The van der Waals surface area contributed by atoms with Crippen LogP contribution >= 0.6 is 0 Å². The predicted octanol–water partition coefficient (Wildman–Crippen LogP) is 7.30. The van der Waals surface area contributed by atoms with Gasteiger partial charge in [0.15, 0.2) is 11.6 Å². The number of amides is 4. The number of aromatic hydroxyl groups is 1. The number of unbranched alkanes of at least 4 members (excludes halogenated alkanes) is 1. The van der Waals surface area contributed by atoms with E-state index in [1.54, 1.807) is 57.9 Å². The number of nitrogens with one attached hydrogen (secondary N) is 2. The Morgan fingerprint density at radius 2 is 1.31 bits per heavy atom. The minimum atomic E-state index is -0.842. The number of nitrogens with zero attached hydrogens (tertiary/aromatic N) is 6. The van der Waals surface area contributed by atoms with Crippen LogP contribution in [0.15, 0.2) is 77.7 Å². The number of phenolic OH excluding ortho intramolecular Hbond substituents is 1. The van der Waals surface area contributed by atoms with E-state index in [0.29, 0.717) is 180 Å². The number of carbonyl (C=O) groups excluding carboxylic acids is 7. The average Bonchev–Trinajstić information content (AvgIpc) is 1.24. The number of ketones is 2. The number of carbonyl (C=O) groups is 7. The molecule has 0 saturated heterocycles. The van der Waals surface area contributed by atoms with Crippen molar-refractivity contribution in [3.63, 3.8) is 0 Å². The van der Waals surface area contributed by atoms with E-state index >= 15 is 0 Å². The van der Waals surface area contributed by atoms with Gasteiger partial charge in [0.1, 0.15) is 37.4 Å². The monoisotopic (exact) mass is 1450 g/mol. The highest BCUT2D eigenvalue weighted by Crippen LogP contribution is 2.38. The zero-order valence-corrected chi connectivity index (χ0v) is 60.7. The molecule has 0 bridgehead atoms. The lowest BCUT2D eigenvalue weighted by Crippen LogP contribution is -2.38. The first-order valence-electron chi connectivity index (χ1n) is 36.3. The van der Waals surface area contributed by atoms with Crippen LogP contribution in [0.25, 0.3) is 22.3 Å². The Bertz CT molecular complexity index is 3580. The van der Waals surface area contributed by atoms with Crippen molar-refractivity contribution in [3.8, 4) is 17.1 Å². The minimum Gasteiger partial charge on any atom is -0.508 e. The van der Waals surface area contributed by atoms with Crippen LogP contribution in [0.4, 0.5) is 10.5 Å². The molecule has 2 aromatic carbocycles. The first kappa shape index (κ1) is 83.0. The average molecular weight is 1450 g/mol. The molecule has 29 nitrogen and oxygen atoms in total. The molecule has 5 heterocycles. The second kappa shape index (κ2) is 46.6. The molecule has 3 aliphatic rings. The summed E-state index contributed by atoms with van der Waals surface area (Å²) in [6.45, 7) is 16.8. The first-order valence-corrected chi connectivity index (χ1v) is 36.3. The number of pyridine rings is 2. The Morgan fingerprint density at radius 3 is 1.89 bits per heavy atom. The summed E-state index contributed by atoms with van der Waals surface area (Å²) in [7, 11) is 0. The van der Waals surface area contributed by atoms with Gasteiger partial charge in [-0.25, -0.2) is 14.5 Å². The van der Waals surface area contributed by atoms with Crippen LogP contribution in [0.2, 0.25) is 0 Å². The van der Waals surface area contributed by atoms with Crippen molar-refractivity contribution in [2.45, 2.75) is 137 Å². The van der Waals surface area contributed by atoms with Gasteiger partial charge in [0.25, 0.3) is 17.4 Å². The molecule has 8 rings (SSSR count). The Morgan fingerprint density at radius 1 is 0.692 bits per heavy atom. The van der Waals surface area contributed by atoms with Gasteiger partial charge in [-0.2, -0.15) is 0 Å². The number of Topliss-reactive ketones (excluding diaryl/α,β-unsaturated/α-hetero) is 2. The molecule has 29 heteroatoms. The van der Waals surface area contributed by atoms with Crippen molar-refractivity contribution in [3.05, 3.63) is 111 Å². The Labute approximate surface area is 607 Å². The number of hydrogen-bond donors (Lipinski definition) is 4. The third kappa shape index (κ3) is 28.7. The first-order chi connectivity index (χ1) is 50.6. The molecule has 570 valence electrons. The summed E-state index contributed by atoms with van der Waals surface area (Å²) in [4.78, 5) is 103. The van der Waals surface area contributed by atoms with E-state index in [1.807, 2.05) is 26.8 Å². The molecular formula is C75H105N9O20. The number of hydrogen-bond acceptors (Lipinski definition) is 24. The van der Waals surface area contributed by atoms with Crippen molar-refractivity contribution in [1.82, 2.24) is 34.8 Å². The van der Waals surface area contributed by atoms with Gasteiger partial charge in [0.05, 0.1) is 142 Å². The van der Waals surface area contributed by atoms with Crippen LogP contribution in [-0.4, -0.2) is 208 Å². The molecule has 1 fully saturated rings. The van der Waals surface area contributed by atoms with Crippen molar-refractivity contribution >= 4 is 57.9 Å². The maximum absolute atomic E-state index is 13.3. The number of fused-ring (bicyclic) bond motifs is 4. The van der Waals surface area contributed by atoms with Crippen molar-refractivity contribution < 1.29 is 90.8 Å². The van der Waals surface area contributed by atoms with E-state index in [9.17, 15) is 43.5 Å². The molecular weight excluding hydrogens is 1350 g/mol. The number of nitrogens with two attached hydrogens (primary N) is 1. The third-order valence-corrected chi connectivity index (χ3v) is 17.7. The number of aryl methyl sites for hydroxylation is 1. The topological polar surface area (TPSA) is 360 Å². The summed E-state index contributed by atoms with van der Waals surface area (Å²) in [5.41, 5.74) is 12.2. The van der Waals surface area contributed by atoms with Gasteiger partial charge >= 0.3 is 6.16 Å². The second-order valence-electron chi connectivity index (χ2n) is 25.5. The van der Waals surface area contributed by atoms with Gasteiger partial charge in [-0.1, -0.05) is 44.5 Å². The molecule has 0 spiro atoms. The quantitative estimate of drug-likeness (QED) is 0.0165. The summed E-state index contributed by atoms with van der Waals surface area (Å²) in [6, 6.07) is 15.6. The third-order valence-electron chi connectivity index (χ3n) is 17.7. The summed E-state index contributed by atoms with van der Waals surface area (Å²) >= 11 is 0. The van der Waals surface area contributed by atoms with Gasteiger partial charge < -0.3 is 78.1 Å². The van der Waals surface area contributed by atoms with Crippen LogP contribution in [0.3, 0.4) is 0 Å². The summed E-state index contributed by atoms with van der Waals surface area (Å²) in [5, 5.41) is 25.1. The lowest BCUT2D eigenvalue weighted by Gasteiger charge is -2.29. The van der Waals surface area contributed by atoms with Crippen LogP contribution in [0.5, 0.6) is 5.75 Å². The largest absolute Gasteiger partial charge is 0.509 e. The molecule has 0 radical (unpaired) electrons. The summed E-state index contributed by atoms with van der Waals surface area (Å²) in [6.07, 6.45) is 11.4. The standard InChI is InChI=1S/C39H63N5O14.C36H42N4O6/c1-32(45)30-58-31-36(46)3-2-11-50-13-15-52-17-19-54-21-23-56-25-26-57-24-22-55-20-18-53-16-14-51-12-10-43-29-35(41-42-43)27-40-39(49)34-6-4-33(5-7-34)28-44-37(47)8-9-38(44)48;1-4-23(9-7-8-16-37)35(43)38-25-12-10-22(11-13-25)21-45-36(44)46-32(6-3)24-17-31-34-29(20-40(31)33(42)18-24)27(5-2)28-19-26(41)14-15-30(28)39-34/h8-9,29,33-34H,2-7,10-28,30-31H2,1H3,(H,40,49);10-15,17-19,23,32,41H,4-9,16,20-21,37H2,1-3H3,(H,38,43)/t;23-,32-/m.0/s1. The lowest BCUT2D eigenvalue weighted by molar-refractivity contribution is -0.138. The van der Waals surface area contributed by atoms with Crippen molar-refractivity contribution in [1.29, 1.82) is 0 Å². The Balaban J connectivity index is 0.000000298. The van der Waals surface area contributed by atoms with Crippen LogP contribution < -0.4 is 21.9 Å². The van der Waals surface area contributed by atoms with E-state index in [2.05, 4.69) is 20.9 Å². The van der Waals surface area contributed by atoms with E-state index < -0.39 is 12.3 Å². The predicted molar refractivity (Wildman–Crippen MR) is 383 cm³/mol. The fourth-order valence-electron chi connectivity index (χ4n) is 12.0. The smallest absolute Gasteiger partial charge is 0.508 e. The van der Waals surface area contributed by atoms with E-state index in [1.165, 1.54) is 30.0 Å². The molecule has 104 heavy (non-hydrogen) atoms. The lowest BCUT2D eigenvalue weighted by atomic mass is 9.81. The number of anilines is 1. The summed E-state index contributed by atoms with van der Waals surface area (Å²) < 4.78 is 63.4. The zero-order chi connectivity index (χ0) is 74.3. The number of benzene rings is 2. The number of rotatable bonds is 50. The number of aromatic nitrogens is 5. The van der Waals surface area contributed by atoms with E-state index in [4.69, 9.17) is 62.8 Å². The molecule has 5 aromatic rings. The Kier molecular flexibility index (Phi) is 37.2. The SMILES string of the molecule is CC(=O)COCC(=O)CCCOCCOCCOCCOCCOCCOCCOCCOCCn1cc(CNC(=O)C2CCC(CN3C(=O)C=CC3=O)CC2)nn1.CCc1c2c(nc3ccc(O)cc13)-c1cc([C@H](CC)OC(=O)OCc3ccc(NC(=O)[C@@H](CC)CCCCN)cc3)cc(=O)n1C2. The number of ether oxygens (including phenoxy) is 11. The fourth-order valence-corrected chi connectivity index (χ4v) is 12.0. The van der Waals surface area contributed by atoms with Crippen LogP contribution in [0.1, 0.15) is 132 Å². The highest BCUT2D eigenvalue weighted by Gasteiger charge is 2.32. The molecule has 4 amide bonds. The minimum absolute atomic E-state index is 0.00721. The van der Waals surface area contributed by atoms with Gasteiger partial charge in [-0.05, 0) is 131 Å². The van der Waals surface area contributed by atoms with Gasteiger partial charge in [-0.3, -0.25) is 38.5 Å². The molecule has 1 aliphatic carbocycles. The highest BCUT2D eigenvalue weighted by molar-refractivity contribution is 6.12. The van der Waals surface area contributed by atoms with Crippen LogP contribution in [0, 0.1) is 17.8 Å². The normalized spacial score (nSPS) is 15.1. The molecule has 2 atom stereocenters. The number of imide groups is 1. The van der Waals surface area contributed by atoms with Crippen LogP contribution in [-0.2, 0) is 114 Å². The van der Waals surface area contributed by atoms with Gasteiger partial charge in [0.2, 0.25) is 11.8 Å². The molecule has 1 saturated carbocycles. The van der Waals surface area contributed by atoms with E-state index in [0.717, 1.165) is 91.1 Å². The van der Waals surface area contributed by atoms with Gasteiger partial charge in [0, 0.05) is 71.8 Å². The van der Waals surface area contributed by atoms with Gasteiger partial charge in [-0.15, -0.1) is 5.10 Å². The maximum atomic E-state index is 13.3. The molecule has 0 unspecified atom stereocenters. The zero-order valence-electron chi connectivity index (χ0n) is 60.7. The van der Waals surface area contributed by atoms with Crippen molar-refractivity contribution in [2.24, 2.45) is 23.5 Å². The molecule has 3 aromatic heterocycles. The molecule has 5 N–H and O–H groups in total.